The van der Waals surface area contributed by atoms with Crippen LogP contribution in [-0.4, -0.2) is 10.8 Å². The van der Waals surface area contributed by atoms with E-state index in [1.54, 1.807) is 31.2 Å². The third kappa shape index (κ3) is 2.80. The van der Waals surface area contributed by atoms with Crippen LogP contribution in [0.1, 0.15) is 15.9 Å². The monoisotopic (exact) mass is 274 g/mol. The molecule has 0 saturated heterocycles. The van der Waals surface area contributed by atoms with Gasteiger partial charge in [0.15, 0.2) is 0 Å². The Morgan fingerprint density at radius 3 is 2.60 bits per heavy atom. The minimum absolute atomic E-state index is 0.215. The third-order valence-electron chi connectivity index (χ3n) is 2.80. The number of hydrogen-bond donors (Lipinski definition) is 1. The summed E-state index contributed by atoms with van der Waals surface area (Å²) in [4.78, 5) is 22.0. The number of nitrogens with one attached hydrogen (secondary N) is 1. The maximum Gasteiger partial charge on any atom is 0.271 e. The lowest BCUT2D eigenvalue weighted by Crippen LogP contribution is -2.14. The van der Waals surface area contributed by atoms with E-state index in [2.05, 4.69) is 5.32 Å². The summed E-state index contributed by atoms with van der Waals surface area (Å²) in [6.45, 7) is 1.75. The smallest absolute Gasteiger partial charge is 0.271 e. The van der Waals surface area contributed by atoms with Crippen LogP contribution in [0, 0.1) is 22.9 Å². The van der Waals surface area contributed by atoms with Crippen molar-refractivity contribution in [2.45, 2.75) is 6.92 Å². The number of anilines is 1. The summed E-state index contributed by atoms with van der Waals surface area (Å²) in [6.07, 6.45) is 0. The highest BCUT2D eigenvalue weighted by atomic mass is 19.1. The van der Waals surface area contributed by atoms with Gasteiger partial charge in [-0.3, -0.25) is 14.9 Å². The van der Waals surface area contributed by atoms with Crippen LogP contribution in [0.2, 0.25) is 0 Å². The van der Waals surface area contributed by atoms with Gasteiger partial charge in [-0.25, -0.2) is 4.39 Å². The van der Waals surface area contributed by atoms with Gasteiger partial charge in [0.2, 0.25) is 0 Å². The summed E-state index contributed by atoms with van der Waals surface area (Å²) in [6, 6.07) is 9.79. The van der Waals surface area contributed by atoms with E-state index in [9.17, 15) is 19.3 Å². The van der Waals surface area contributed by atoms with E-state index in [0.717, 1.165) is 23.8 Å². The van der Waals surface area contributed by atoms with E-state index < -0.39 is 16.6 Å². The molecule has 0 atom stereocenters. The fourth-order valence-corrected chi connectivity index (χ4v) is 1.74. The first-order valence-electron chi connectivity index (χ1n) is 5.80. The second kappa shape index (κ2) is 5.48. The van der Waals surface area contributed by atoms with E-state index in [4.69, 9.17) is 0 Å². The second-order valence-electron chi connectivity index (χ2n) is 4.19. The third-order valence-corrected chi connectivity index (χ3v) is 2.80. The lowest BCUT2D eigenvalue weighted by molar-refractivity contribution is -0.384. The molecule has 0 aromatic heterocycles. The summed E-state index contributed by atoms with van der Waals surface area (Å²) < 4.78 is 13.6. The highest BCUT2D eigenvalue weighted by Crippen LogP contribution is 2.22. The van der Waals surface area contributed by atoms with Gasteiger partial charge in [-0.2, -0.15) is 0 Å². The fourth-order valence-electron chi connectivity index (χ4n) is 1.74. The molecule has 0 spiro atoms. The molecule has 0 saturated carbocycles. The van der Waals surface area contributed by atoms with Crippen molar-refractivity contribution in [3.05, 3.63) is 69.5 Å². The molecule has 0 aliphatic heterocycles. The van der Waals surface area contributed by atoms with E-state index >= 15 is 0 Å². The molecule has 0 aliphatic carbocycles. The molecule has 102 valence electrons. The summed E-state index contributed by atoms with van der Waals surface area (Å²) in [5.41, 5.74) is 0.619. The Morgan fingerprint density at radius 1 is 1.25 bits per heavy atom. The average Bonchev–Trinajstić information content (AvgIpc) is 2.41. The number of hydrogen-bond acceptors (Lipinski definition) is 3. The number of halogens is 1. The molecular formula is C14H11FN2O3. The minimum Gasteiger partial charge on any atom is -0.319 e. The van der Waals surface area contributed by atoms with E-state index in [1.165, 1.54) is 0 Å². The van der Waals surface area contributed by atoms with Gasteiger partial charge >= 0.3 is 0 Å². The molecule has 5 nitrogen and oxygen atoms in total. The highest BCUT2D eigenvalue weighted by molar-refractivity contribution is 6.05. The number of benzene rings is 2. The highest BCUT2D eigenvalue weighted by Gasteiger charge is 2.14. The molecule has 0 unspecified atom stereocenters. The van der Waals surface area contributed by atoms with Crippen molar-refractivity contribution in [2.75, 3.05) is 5.32 Å². The molecular weight excluding hydrogens is 263 g/mol. The van der Waals surface area contributed by atoms with Crippen molar-refractivity contribution in [1.29, 1.82) is 0 Å². The maximum absolute atomic E-state index is 13.6. The summed E-state index contributed by atoms with van der Waals surface area (Å²) in [5, 5.41) is 13.0. The summed E-state index contributed by atoms with van der Waals surface area (Å²) in [5.74, 6) is -1.24. The van der Waals surface area contributed by atoms with Crippen LogP contribution in [0.15, 0.2) is 42.5 Å². The lowest BCUT2D eigenvalue weighted by Gasteiger charge is -2.08. The second-order valence-corrected chi connectivity index (χ2v) is 4.19. The molecule has 1 amide bonds. The Kier molecular flexibility index (Phi) is 3.74. The molecule has 2 aromatic carbocycles. The Morgan fingerprint density at radius 2 is 1.95 bits per heavy atom. The number of nitrogens with zero attached hydrogens (tertiary/aromatic N) is 1. The largest absolute Gasteiger partial charge is 0.319 e. The van der Waals surface area contributed by atoms with Crippen molar-refractivity contribution in [3.63, 3.8) is 0 Å². The first-order valence-corrected chi connectivity index (χ1v) is 5.80. The SMILES string of the molecule is Cc1ccccc1C(=O)Nc1cc([N+](=O)[O-])ccc1F. The molecule has 2 aromatic rings. The minimum atomic E-state index is -0.725. The number of carbonyl (C=O) groups excluding carboxylic acids is 1. The van der Waals surface area contributed by atoms with Crippen LogP contribution in [0.25, 0.3) is 0 Å². The van der Waals surface area contributed by atoms with Gasteiger partial charge in [-0.15, -0.1) is 0 Å². The Hall–Kier alpha value is -2.76. The molecule has 0 fully saturated rings. The topological polar surface area (TPSA) is 72.2 Å². The summed E-state index contributed by atoms with van der Waals surface area (Å²) in [7, 11) is 0. The quantitative estimate of drug-likeness (QED) is 0.689. The van der Waals surface area contributed by atoms with Gasteiger partial charge in [0.05, 0.1) is 10.6 Å². The summed E-state index contributed by atoms with van der Waals surface area (Å²) >= 11 is 0. The van der Waals surface area contributed by atoms with Crippen LogP contribution in [0.5, 0.6) is 0 Å². The van der Waals surface area contributed by atoms with Crippen LogP contribution in [0.3, 0.4) is 0 Å². The van der Waals surface area contributed by atoms with E-state index in [1.807, 2.05) is 0 Å². The Balaban J connectivity index is 2.30. The number of carbonyl (C=O) groups is 1. The average molecular weight is 274 g/mol. The number of rotatable bonds is 3. The van der Waals surface area contributed by atoms with E-state index in [0.29, 0.717) is 5.56 Å². The van der Waals surface area contributed by atoms with Gasteiger partial charge in [-0.1, -0.05) is 18.2 Å². The van der Waals surface area contributed by atoms with Crippen LogP contribution in [0.4, 0.5) is 15.8 Å². The van der Waals surface area contributed by atoms with Gasteiger partial charge in [0.25, 0.3) is 11.6 Å². The first kappa shape index (κ1) is 13.7. The molecule has 0 bridgehead atoms. The predicted octanol–water partition coefficient (Wildman–Crippen LogP) is 3.29. The Bertz CT molecular complexity index is 686. The predicted molar refractivity (Wildman–Crippen MR) is 72.2 cm³/mol. The van der Waals surface area contributed by atoms with Crippen molar-refractivity contribution >= 4 is 17.3 Å². The lowest BCUT2D eigenvalue weighted by atomic mass is 10.1. The van der Waals surface area contributed by atoms with Crippen molar-refractivity contribution in [3.8, 4) is 0 Å². The van der Waals surface area contributed by atoms with Crippen molar-refractivity contribution in [1.82, 2.24) is 0 Å². The van der Waals surface area contributed by atoms with Crippen molar-refractivity contribution < 1.29 is 14.1 Å². The molecule has 6 heteroatoms. The fraction of sp³-hybridized carbons (Fsp3) is 0.0714. The number of nitro groups is 1. The van der Waals surface area contributed by atoms with Gasteiger partial charge in [0.1, 0.15) is 5.82 Å². The van der Waals surface area contributed by atoms with Crippen LogP contribution >= 0.6 is 0 Å². The first-order chi connectivity index (χ1) is 9.49. The number of aryl methyl sites for hydroxylation is 1. The number of amides is 1. The molecule has 20 heavy (non-hydrogen) atoms. The Labute approximate surface area is 114 Å². The standard InChI is InChI=1S/C14H11FN2O3/c1-9-4-2-3-5-11(9)14(18)16-13-8-10(17(19)20)6-7-12(13)15/h2-8H,1H3,(H,16,18). The molecule has 1 N–H and O–H groups in total. The zero-order chi connectivity index (χ0) is 14.7. The zero-order valence-corrected chi connectivity index (χ0v) is 10.6. The maximum atomic E-state index is 13.6. The van der Waals surface area contributed by atoms with Crippen LogP contribution < -0.4 is 5.32 Å². The number of nitro benzene ring substituents is 1. The van der Waals surface area contributed by atoms with Crippen molar-refractivity contribution in [2.24, 2.45) is 0 Å². The van der Waals surface area contributed by atoms with Gasteiger partial charge in [-0.05, 0) is 24.6 Å². The van der Waals surface area contributed by atoms with Gasteiger partial charge < -0.3 is 5.32 Å². The molecule has 0 radical (unpaired) electrons. The molecule has 0 aliphatic rings. The zero-order valence-electron chi connectivity index (χ0n) is 10.6. The molecule has 2 rings (SSSR count). The number of non-ortho nitro benzene ring substituents is 1. The van der Waals surface area contributed by atoms with E-state index in [-0.39, 0.29) is 11.4 Å². The normalized spacial score (nSPS) is 10.1. The van der Waals surface area contributed by atoms with Crippen LogP contribution in [-0.2, 0) is 0 Å². The van der Waals surface area contributed by atoms with Gasteiger partial charge in [0, 0.05) is 17.7 Å². The molecule has 0 heterocycles.